The van der Waals surface area contributed by atoms with Crippen molar-refractivity contribution in [3.05, 3.63) is 24.0 Å². The van der Waals surface area contributed by atoms with Gasteiger partial charge in [0.25, 0.3) is 0 Å². The molecular weight excluding hydrogens is 226 g/mol. The summed E-state index contributed by atoms with van der Waals surface area (Å²) in [5, 5.41) is 0. The molecule has 1 aromatic heterocycles. The first kappa shape index (κ1) is 13.1. The summed E-state index contributed by atoms with van der Waals surface area (Å²) in [5.74, 6) is 0. The number of nitrogens with two attached hydrogens (primary N) is 1. The second kappa shape index (κ2) is 4.90. The minimum Gasteiger partial charge on any atom is -0.325 e. The van der Waals surface area contributed by atoms with E-state index in [1.54, 1.807) is 13.1 Å². The Hall–Kier alpha value is -0.980. The van der Waals surface area contributed by atoms with Crippen LogP contribution in [0.4, 0.5) is 0 Å². The molecule has 16 heavy (non-hydrogen) atoms. The Morgan fingerprint density at radius 3 is 2.44 bits per heavy atom. The summed E-state index contributed by atoms with van der Waals surface area (Å²) in [6.07, 6.45) is 1.34. The van der Waals surface area contributed by atoms with Crippen molar-refractivity contribution < 1.29 is 8.42 Å². The van der Waals surface area contributed by atoms with Crippen LogP contribution in [-0.2, 0) is 16.6 Å². The molecule has 1 rings (SSSR count). The molecule has 0 amide bonds. The van der Waals surface area contributed by atoms with Crippen LogP contribution >= 0.6 is 0 Å². The molecule has 0 aliphatic rings. The maximum atomic E-state index is 12.0. The predicted molar refractivity (Wildman–Crippen MR) is 62.2 cm³/mol. The highest BCUT2D eigenvalue weighted by molar-refractivity contribution is 7.89. The van der Waals surface area contributed by atoms with Gasteiger partial charge in [0.1, 0.15) is 4.90 Å². The first-order valence-corrected chi connectivity index (χ1v) is 6.46. The maximum Gasteiger partial charge on any atom is 0.244 e. The highest BCUT2D eigenvalue weighted by atomic mass is 32.2. The Morgan fingerprint density at radius 2 is 2.06 bits per heavy atom. The van der Waals surface area contributed by atoms with Gasteiger partial charge in [0.2, 0.25) is 10.0 Å². The third-order valence-corrected chi connectivity index (χ3v) is 4.43. The monoisotopic (exact) mass is 243 g/mol. The second-order valence-electron chi connectivity index (χ2n) is 3.80. The van der Waals surface area contributed by atoms with E-state index in [1.807, 2.05) is 13.8 Å². The molecule has 1 heterocycles. The number of aromatic nitrogens is 1. The van der Waals surface area contributed by atoms with E-state index in [4.69, 9.17) is 5.73 Å². The molecule has 0 aliphatic carbocycles. The van der Waals surface area contributed by atoms with E-state index in [2.05, 4.69) is 4.98 Å². The lowest BCUT2D eigenvalue weighted by Crippen LogP contribution is -2.33. The zero-order chi connectivity index (χ0) is 12.3. The quantitative estimate of drug-likeness (QED) is 0.838. The lowest BCUT2D eigenvalue weighted by Gasteiger charge is -2.20. The van der Waals surface area contributed by atoms with Gasteiger partial charge in [-0.15, -0.1) is 0 Å². The Balaban J connectivity index is 3.08. The maximum absolute atomic E-state index is 12.0. The summed E-state index contributed by atoms with van der Waals surface area (Å²) in [6, 6.07) is 3.07. The van der Waals surface area contributed by atoms with Gasteiger partial charge in [-0.1, -0.05) is 0 Å². The molecule has 2 N–H and O–H groups in total. The van der Waals surface area contributed by atoms with Crippen molar-refractivity contribution in [3.8, 4) is 0 Å². The summed E-state index contributed by atoms with van der Waals surface area (Å²) in [4.78, 5) is 4.17. The van der Waals surface area contributed by atoms with Crippen LogP contribution in [0.2, 0.25) is 0 Å². The van der Waals surface area contributed by atoms with E-state index in [0.717, 1.165) is 0 Å². The Kier molecular flexibility index (Phi) is 4.01. The molecule has 0 saturated heterocycles. The SMILES string of the molecule is CC(C)N(C)S(=O)(=O)c1ccc(CN)nc1. The van der Waals surface area contributed by atoms with Crippen molar-refractivity contribution in [3.63, 3.8) is 0 Å². The van der Waals surface area contributed by atoms with Crippen molar-refractivity contribution in [1.29, 1.82) is 0 Å². The van der Waals surface area contributed by atoms with Gasteiger partial charge in [-0.25, -0.2) is 8.42 Å². The zero-order valence-corrected chi connectivity index (χ0v) is 10.5. The van der Waals surface area contributed by atoms with Crippen molar-refractivity contribution in [2.45, 2.75) is 31.3 Å². The van der Waals surface area contributed by atoms with Crippen LogP contribution in [0.1, 0.15) is 19.5 Å². The van der Waals surface area contributed by atoms with Crippen LogP contribution in [0.25, 0.3) is 0 Å². The molecule has 0 radical (unpaired) electrons. The largest absolute Gasteiger partial charge is 0.325 e. The molecule has 0 saturated carbocycles. The highest BCUT2D eigenvalue weighted by Gasteiger charge is 2.23. The van der Waals surface area contributed by atoms with E-state index in [9.17, 15) is 8.42 Å². The van der Waals surface area contributed by atoms with Gasteiger partial charge < -0.3 is 5.73 Å². The van der Waals surface area contributed by atoms with E-state index < -0.39 is 10.0 Å². The average molecular weight is 243 g/mol. The number of nitrogens with zero attached hydrogens (tertiary/aromatic N) is 2. The molecule has 1 aromatic rings. The fourth-order valence-electron chi connectivity index (χ4n) is 1.13. The molecule has 0 bridgehead atoms. The van der Waals surface area contributed by atoms with Crippen molar-refractivity contribution in [2.24, 2.45) is 5.73 Å². The zero-order valence-electron chi connectivity index (χ0n) is 9.71. The Bertz CT molecular complexity index is 440. The number of rotatable bonds is 4. The average Bonchev–Trinajstić information content (AvgIpc) is 2.28. The van der Waals surface area contributed by atoms with Gasteiger partial charge in [0.15, 0.2) is 0 Å². The van der Waals surface area contributed by atoms with Crippen LogP contribution in [0.3, 0.4) is 0 Å². The van der Waals surface area contributed by atoms with Crippen molar-refractivity contribution >= 4 is 10.0 Å². The number of sulfonamides is 1. The molecule has 0 atom stereocenters. The smallest absolute Gasteiger partial charge is 0.244 e. The topological polar surface area (TPSA) is 76.3 Å². The first-order valence-electron chi connectivity index (χ1n) is 5.02. The molecule has 0 aliphatic heterocycles. The standard InChI is InChI=1S/C10H17N3O2S/c1-8(2)13(3)16(14,15)10-5-4-9(6-11)12-7-10/h4-5,7-8H,6,11H2,1-3H3. The highest BCUT2D eigenvalue weighted by Crippen LogP contribution is 2.15. The second-order valence-corrected chi connectivity index (χ2v) is 5.80. The summed E-state index contributed by atoms with van der Waals surface area (Å²) < 4.78 is 25.4. The van der Waals surface area contributed by atoms with Gasteiger partial charge >= 0.3 is 0 Å². The lowest BCUT2D eigenvalue weighted by atomic mass is 10.4. The van der Waals surface area contributed by atoms with E-state index in [0.29, 0.717) is 12.2 Å². The minimum absolute atomic E-state index is 0.0841. The Labute approximate surface area is 96.3 Å². The third-order valence-electron chi connectivity index (χ3n) is 2.41. The van der Waals surface area contributed by atoms with Gasteiger partial charge in [0, 0.05) is 25.8 Å². The summed E-state index contributed by atoms with van der Waals surface area (Å²) in [5.41, 5.74) is 6.07. The van der Waals surface area contributed by atoms with Gasteiger partial charge in [-0.05, 0) is 26.0 Å². The van der Waals surface area contributed by atoms with E-state index >= 15 is 0 Å². The molecule has 0 unspecified atom stereocenters. The first-order chi connectivity index (χ1) is 7.39. The van der Waals surface area contributed by atoms with Crippen LogP contribution in [-0.4, -0.2) is 30.8 Å². The summed E-state index contributed by atoms with van der Waals surface area (Å²) in [7, 11) is -1.88. The van der Waals surface area contributed by atoms with Crippen LogP contribution in [0.5, 0.6) is 0 Å². The molecule has 0 spiro atoms. The van der Waals surface area contributed by atoms with Gasteiger partial charge in [0.05, 0.1) is 5.69 Å². The van der Waals surface area contributed by atoms with Crippen molar-refractivity contribution in [2.75, 3.05) is 7.05 Å². The molecule has 0 fully saturated rings. The van der Waals surface area contributed by atoms with Crippen LogP contribution in [0.15, 0.2) is 23.2 Å². The molecule has 6 heteroatoms. The third kappa shape index (κ3) is 2.58. The molecule has 5 nitrogen and oxygen atoms in total. The molecular formula is C10H17N3O2S. The Morgan fingerprint density at radius 1 is 1.44 bits per heavy atom. The van der Waals surface area contributed by atoms with Crippen molar-refractivity contribution in [1.82, 2.24) is 9.29 Å². The lowest BCUT2D eigenvalue weighted by molar-refractivity contribution is 0.410. The number of hydrogen-bond donors (Lipinski definition) is 1. The summed E-state index contributed by atoms with van der Waals surface area (Å²) in [6.45, 7) is 3.94. The molecule has 0 aromatic carbocycles. The summed E-state index contributed by atoms with van der Waals surface area (Å²) >= 11 is 0. The number of pyridine rings is 1. The minimum atomic E-state index is -3.43. The number of hydrogen-bond acceptors (Lipinski definition) is 4. The fraction of sp³-hybridized carbons (Fsp3) is 0.500. The normalized spacial score (nSPS) is 12.4. The van der Waals surface area contributed by atoms with E-state index in [-0.39, 0.29) is 10.9 Å². The van der Waals surface area contributed by atoms with Crippen LogP contribution in [0, 0.1) is 0 Å². The predicted octanol–water partition coefficient (Wildman–Crippen LogP) is 0.569. The van der Waals surface area contributed by atoms with Gasteiger partial charge in [-0.3, -0.25) is 4.98 Å². The van der Waals surface area contributed by atoms with Gasteiger partial charge in [-0.2, -0.15) is 4.31 Å². The fourth-order valence-corrected chi connectivity index (χ4v) is 2.44. The van der Waals surface area contributed by atoms with Crippen LogP contribution < -0.4 is 5.73 Å². The molecule has 90 valence electrons. The van der Waals surface area contributed by atoms with E-state index in [1.165, 1.54) is 16.6 Å².